The van der Waals surface area contributed by atoms with Crippen molar-refractivity contribution in [2.45, 2.75) is 19.1 Å². The quantitative estimate of drug-likeness (QED) is 0.599. The van der Waals surface area contributed by atoms with Crippen LogP contribution in [-0.4, -0.2) is 16.2 Å². The lowest BCUT2D eigenvalue weighted by molar-refractivity contribution is 0.0779. The minimum absolute atomic E-state index is 0.167. The maximum atomic E-state index is 9.46. The van der Waals surface area contributed by atoms with Crippen LogP contribution in [0.4, 0.5) is 0 Å². The highest BCUT2D eigenvalue weighted by Crippen LogP contribution is 2.33. The van der Waals surface area contributed by atoms with Gasteiger partial charge in [-0.05, 0) is 19.1 Å². The van der Waals surface area contributed by atoms with Gasteiger partial charge in [-0.2, -0.15) is 0 Å². The van der Waals surface area contributed by atoms with Gasteiger partial charge in [0.25, 0.3) is 0 Å². The third-order valence-corrected chi connectivity index (χ3v) is 1.84. The summed E-state index contributed by atoms with van der Waals surface area (Å²) in [6.07, 6.45) is 0.926. The molecular weight excluding hydrogens is 142 g/mol. The molecule has 0 radical (unpaired) electrons. The first-order valence-corrected chi connectivity index (χ1v) is 3.58. The summed E-state index contributed by atoms with van der Waals surface area (Å²) in [5.41, 5.74) is 0.653. The zero-order valence-corrected chi connectivity index (χ0v) is 6.19. The number of aromatic nitrogens is 1. The molecule has 0 fully saturated rings. The van der Waals surface area contributed by atoms with Gasteiger partial charge in [0.15, 0.2) is 0 Å². The first-order valence-electron chi connectivity index (χ1n) is 3.58. The topological polar surface area (TPSA) is 42.4 Å². The second-order valence-electron chi connectivity index (χ2n) is 2.65. The van der Waals surface area contributed by atoms with E-state index in [4.69, 9.17) is 4.74 Å². The van der Waals surface area contributed by atoms with E-state index >= 15 is 0 Å². The van der Waals surface area contributed by atoms with Crippen molar-refractivity contribution in [1.82, 2.24) is 4.98 Å². The molecule has 2 rings (SSSR count). The fourth-order valence-electron chi connectivity index (χ4n) is 1.21. The van der Waals surface area contributed by atoms with Crippen LogP contribution in [0.1, 0.15) is 18.7 Å². The Hall–Kier alpha value is -1.09. The Labute approximate surface area is 64.6 Å². The Bertz CT molecular complexity index is 275. The van der Waals surface area contributed by atoms with Crippen molar-refractivity contribution in [3.05, 3.63) is 24.0 Å². The van der Waals surface area contributed by atoms with Crippen LogP contribution in [0.25, 0.3) is 0 Å². The SMILES string of the molecule is C[C@@H]1Oc2cccnc2[C@H]1O. The standard InChI is InChI=1S/C8H9NO2/c1-5-8(10)7-6(11-5)3-2-4-9-7/h2-5,8,10H,1H3/t5-,8-/m0/s1. The van der Waals surface area contributed by atoms with Crippen molar-refractivity contribution in [1.29, 1.82) is 0 Å². The zero-order chi connectivity index (χ0) is 7.84. The summed E-state index contributed by atoms with van der Waals surface area (Å²) in [5.74, 6) is 0.701. The summed E-state index contributed by atoms with van der Waals surface area (Å²) < 4.78 is 5.31. The van der Waals surface area contributed by atoms with Gasteiger partial charge >= 0.3 is 0 Å². The second kappa shape index (κ2) is 2.20. The Morgan fingerprint density at radius 1 is 1.64 bits per heavy atom. The molecule has 0 saturated heterocycles. The molecule has 1 N–H and O–H groups in total. The third kappa shape index (κ3) is 0.886. The molecule has 2 heterocycles. The van der Waals surface area contributed by atoms with E-state index in [1.165, 1.54) is 0 Å². The van der Waals surface area contributed by atoms with Crippen molar-refractivity contribution < 1.29 is 9.84 Å². The van der Waals surface area contributed by atoms with Crippen LogP contribution < -0.4 is 4.74 Å². The third-order valence-electron chi connectivity index (χ3n) is 1.84. The fourth-order valence-corrected chi connectivity index (χ4v) is 1.21. The number of hydrogen-bond donors (Lipinski definition) is 1. The number of pyridine rings is 1. The molecule has 0 unspecified atom stereocenters. The molecule has 1 aromatic rings. The van der Waals surface area contributed by atoms with Crippen molar-refractivity contribution in [3.63, 3.8) is 0 Å². The van der Waals surface area contributed by atoms with Crippen LogP contribution in [0.5, 0.6) is 5.75 Å². The molecule has 3 heteroatoms. The number of nitrogens with zero attached hydrogens (tertiary/aromatic N) is 1. The highest BCUT2D eigenvalue weighted by Gasteiger charge is 2.29. The van der Waals surface area contributed by atoms with Crippen LogP contribution in [-0.2, 0) is 0 Å². The van der Waals surface area contributed by atoms with Gasteiger partial charge in [-0.1, -0.05) is 0 Å². The highest BCUT2D eigenvalue weighted by atomic mass is 16.5. The van der Waals surface area contributed by atoms with E-state index in [2.05, 4.69) is 4.98 Å². The minimum Gasteiger partial charge on any atom is -0.486 e. The first-order chi connectivity index (χ1) is 5.29. The normalized spacial score (nSPS) is 27.8. The largest absolute Gasteiger partial charge is 0.486 e. The summed E-state index contributed by atoms with van der Waals surface area (Å²) in [6.45, 7) is 1.83. The van der Waals surface area contributed by atoms with E-state index < -0.39 is 6.10 Å². The van der Waals surface area contributed by atoms with E-state index in [0.29, 0.717) is 11.4 Å². The Morgan fingerprint density at radius 2 is 2.45 bits per heavy atom. The lowest BCUT2D eigenvalue weighted by Gasteiger charge is -2.05. The lowest BCUT2D eigenvalue weighted by atomic mass is 10.2. The summed E-state index contributed by atoms with van der Waals surface area (Å²) in [4.78, 5) is 4.02. The van der Waals surface area contributed by atoms with E-state index in [1.54, 1.807) is 12.3 Å². The van der Waals surface area contributed by atoms with Crippen LogP contribution in [0, 0.1) is 0 Å². The van der Waals surface area contributed by atoms with E-state index in [-0.39, 0.29) is 6.10 Å². The molecule has 11 heavy (non-hydrogen) atoms. The van der Waals surface area contributed by atoms with Gasteiger partial charge < -0.3 is 9.84 Å². The summed E-state index contributed by atoms with van der Waals surface area (Å²) in [7, 11) is 0. The fraction of sp³-hybridized carbons (Fsp3) is 0.375. The molecule has 3 nitrogen and oxygen atoms in total. The Balaban J connectivity index is 2.47. The maximum Gasteiger partial charge on any atom is 0.144 e. The van der Waals surface area contributed by atoms with Crippen LogP contribution in [0.15, 0.2) is 18.3 Å². The first kappa shape index (κ1) is 6.61. The summed E-state index contributed by atoms with van der Waals surface area (Å²) in [6, 6.07) is 3.61. The molecule has 0 bridgehead atoms. The van der Waals surface area contributed by atoms with E-state index in [0.717, 1.165) is 0 Å². The smallest absolute Gasteiger partial charge is 0.144 e. The van der Waals surface area contributed by atoms with Crippen molar-refractivity contribution >= 4 is 0 Å². The average molecular weight is 151 g/mol. The Kier molecular flexibility index (Phi) is 1.32. The molecule has 0 aliphatic carbocycles. The van der Waals surface area contributed by atoms with Crippen molar-refractivity contribution in [2.75, 3.05) is 0 Å². The number of aliphatic hydroxyl groups excluding tert-OH is 1. The summed E-state index contributed by atoms with van der Waals surface area (Å²) >= 11 is 0. The number of hydrogen-bond acceptors (Lipinski definition) is 3. The van der Waals surface area contributed by atoms with Gasteiger partial charge in [0.2, 0.25) is 0 Å². The molecule has 1 aliphatic heterocycles. The van der Waals surface area contributed by atoms with Crippen molar-refractivity contribution in [2.24, 2.45) is 0 Å². The minimum atomic E-state index is -0.564. The number of fused-ring (bicyclic) bond motifs is 1. The van der Waals surface area contributed by atoms with Gasteiger partial charge in [-0.3, -0.25) is 4.98 Å². The number of aliphatic hydroxyl groups is 1. The molecule has 0 amide bonds. The van der Waals surface area contributed by atoms with Gasteiger partial charge in [-0.15, -0.1) is 0 Å². The summed E-state index contributed by atoms with van der Waals surface area (Å²) in [5, 5.41) is 9.46. The Morgan fingerprint density at radius 3 is 3.18 bits per heavy atom. The van der Waals surface area contributed by atoms with Crippen LogP contribution in [0.2, 0.25) is 0 Å². The molecule has 1 aromatic heterocycles. The van der Waals surface area contributed by atoms with Crippen LogP contribution >= 0.6 is 0 Å². The molecule has 0 saturated carbocycles. The second-order valence-corrected chi connectivity index (χ2v) is 2.65. The zero-order valence-electron chi connectivity index (χ0n) is 6.19. The van der Waals surface area contributed by atoms with E-state index in [9.17, 15) is 5.11 Å². The molecule has 1 aliphatic rings. The molecule has 0 spiro atoms. The maximum absolute atomic E-state index is 9.46. The molecular formula is C8H9NO2. The van der Waals surface area contributed by atoms with Crippen molar-refractivity contribution in [3.8, 4) is 5.75 Å². The molecule has 2 atom stereocenters. The predicted octanol–water partition coefficient (Wildman–Crippen LogP) is 0.896. The molecule has 58 valence electrons. The average Bonchev–Trinajstić information content (AvgIpc) is 2.30. The van der Waals surface area contributed by atoms with Gasteiger partial charge in [-0.25, -0.2) is 0 Å². The van der Waals surface area contributed by atoms with Gasteiger partial charge in [0, 0.05) is 6.20 Å². The van der Waals surface area contributed by atoms with Gasteiger partial charge in [0.05, 0.1) is 0 Å². The predicted molar refractivity (Wildman–Crippen MR) is 39.3 cm³/mol. The monoisotopic (exact) mass is 151 g/mol. The lowest BCUT2D eigenvalue weighted by Crippen LogP contribution is -2.13. The highest BCUT2D eigenvalue weighted by molar-refractivity contribution is 5.33. The number of rotatable bonds is 0. The van der Waals surface area contributed by atoms with E-state index in [1.807, 2.05) is 13.0 Å². The van der Waals surface area contributed by atoms with Gasteiger partial charge in [0.1, 0.15) is 23.7 Å². The number of ether oxygens (including phenoxy) is 1. The van der Waals surface area contributed by atoms with Crippen LogP contribution in [0.3, 0.4) is 0 Å². The molecule has 0 aromatic carbocycles.